The van der Waals surface area contributed by atoms with E-state index in [-0.39, 0.29) is 0 Å². The van der Waals surface area contributed by atoms with E-state index < -0.39 is 18.3 Å². The lowest BCUT2D eigenvalue weighted by Crippen LogP contribution is -2.41. The number of hydrogen-bond donors (Lipinski definition) is 0. The maximum atomic E-state index is 6.50. The molecule has 0 unspecified atom stereocenters. The number of nitrogens with zero attached hydrogens (tertiary/aromatic N) is 3. The summed E-state index contributed by atoms with van der Waals surface area (Å²) < 4.78 is 13.0. The van der Waals surface area contributed by atoms with Crippen LogP contribution in [-0.4, -0.2) is 33.3 Å². The van der Waals surface area contributed by atoms with Crippen LogP contribution in [0.2, 0.25) is 0 Å². The van der Waals surface area contributed by atoms with E-state index in [1.807, 2.05) is 72.8 Å². The second kappa shape index (κ2) is 8.91. The molecule has 0 amide bonds. The van der Waals surface area contributed by atoms with Crippen LogP contribution in [-0.2, 0) is 9.31 Å². The molecule has 5 aromatic rings. The Bertz CT molecular complexity index is 1510. The van der Waals surface area contributed by atoms with Crippen molar-refractivity contribution in [2.75, 3.05) is 0 Å². The fourth-order valence-electron chi connectivity index (χ4n) is 4.55. The van der Waals surface area contributed by atoms with E-state index >= 15 is 0 Å². The van der Waals surface area contributed by atoms with Gasteiger partial charge in [0.1, 0.15) is 0 Å². The molecule has 0 radical (unpaired) electrons. The molecule has 182 valence electrons. The molecule has 1 aliphatic heterocycles. The smallest absolute Gasteiger partial charge is 0.399 e. The van der Waals surface area contributed by atoms with Crippen molar-refractivity contribution in [3.63, 3.8) is 0 Å². The van der Waals surface area contributed by atoms with Crippen molar-refractivity contribution in [3.05, 3.63) is 97.1 Å². The molecule has 37 heavy (non-hydrogen) atoms. The Morgan fingerprint density at radius 3 is 1.49 bits per heavy atom. The number of hydrogen-bond acceptors (Lipinski definition) is 5. The third kappa shape index (κ3) is 4.33. The highest BCUT2D eigenvalue weighted by atomic mass is 16.7. The van der Waals surface area contributed by atoms with Crippen LogP contribution in [0.25, 0.3) is 44.9 Å². The van der Waals surface area contributed by atoms with Gasteiger partial charge in [0.05, 0.1) is 11.2 Å². The van der Waals surface area contributed by atoms with Gasteiger partial charge in [0.2, 0.25) is 0 Å². The average Bonchev–Trinajstić information content (AvgIpc) is 3.15. The molecule has 6 heteroatoms. The van der Waals surface area contributed by atoms with E-state index in [1.165, 1.54) is 0 Å². The van der Waals surface area contributed by atoms with Crippen LogP contribution in [0.15, 0.2) is 97.1 Å². The quantitative estimate of drug-likeness (QED) is 0.279. The van der Waals surface area contributed by atoms with Crippen LogP contribution in [0.5, 0.6) is 0 Å². The highest BCUT2D eigenvalue weighted by molar-refractivity contribution is 6.64. The first-order valence-corrected chi connectivity index (χ1v) is 12.6. The Hall–Kier alpha value is -3.87. The molecular formula is C31H28BN3O2. The summed E-state index contributed by atoms with van der Waals surface area (Å²) in [5, 5.41) is 2.21. The molecule has 2 heterocycles. The summed E-state index contributed by atoms with van der Waals surface area (Å²) in [6.07, 6.45) is 0. The molecule has 0 bridgehead atoms. The number of benzene rings is 4. The van der Waals surface area contributed by atoms with Crippen LogP contribution >= 0.6 is 0 Å². The van der Waals surface area contributed by atoms with Crippen molar-refractivity contribution < 1.29 is 9.31 Å². The molecule has 6 rings (SSSR count). The predicted octanol–water partition coefficient (Wildman–Crippen LogP) is 6.33. The van der Waals surface area contributed by atoms with Crippen LogP contribution in [0.3, 0.4) is 0 Å². The van der Waals surface area contributed by atoms with Gasteiger partial charge in [-0.25, -0.2) is 15.0 Å². The molecule has 0 atom stereocenters. The maximum absolute atomic E-state index is 6.50. The predicted molar refractivity (Wildman–Crippen MR) is 149 cm³/mol. The Kier molecular flexibility index (Phi) is 5.66. The lowest BCUT2D eigenvalue weighted by Gasteiger charge is -2.32. The highest BCUT2D eigenvalue weighted by Gasteiger charge is 2.52. The van der Waals surface area contributed by atoms with Gasteiger partial charge < -0.3 is 9.31 Å². The number of fused-ring (bicyclic) bond motifs is 1. The fourth-order valence-corrected chi connectivity index (χ4v) is 4.55. The van der Waals surface area contributed by atoms with E-state index in [4.69, 9.17) is 24.3 Å². The normalized spacial score (nSPS) is 16.3. The minimum Gasteiger partial charge on any atom is -0.399 e. The van der Waals surface area contributed by atoms with Crippen LogP contribution in [0, 0.1) is 0 Å². The SMILES string of the molecule is CC1(C)OB(c2cc3ccccc3cc2-c2nc(-c3ccccc3)nc(-c3ccccc3)n2)OC1(C)C. The van der Waals surface area contributed by atoms with Crippen molar-refractivity contribution >= 4 is 23.4 Å². The highest BCUT2D eigenvalue weighted by Crippen LogP contribution is 2.38. The molecule has 0 N–H and O–H groups in total. The molecule has 1 aromatic heterocycles. The summed E-state index contributed by atoms with van der Waals surface area (Å²) in [7, 11) is -0.554. The molecule has 1 fully saturated rings. The lowest BCUT2D eigenvalue weighted by molar-refractivity contribution is 0.00578. The second-order valence-corrected chi connectivity index (χ2v) is 10.4. The second-order valence-electron chi connectivity index (χ2n) is 10.4. The largest absolute Gasteiger partial charge is 0.495 e. The van der Waals surface area contributed by atoms with Gasteiger partial charge in [-0.2, -0.15) is 0 Å². The lowest BCUT2D eigenvalue weighted by atomic mass is 9.74. The zero-order valence-corrected chi connectivity index (χ0v) is 21.5. The number of rotatable bonds is 4. The first-order chi connectivity index (χ1) is 17.8. The van der Waals surface area contributed by atoms with Crippen LogP contribution < -0.4 is 5.46 Å². The van der Waals surface area contributed by atoms with Gasteiger partial charge in [0, 0.05) is 16.7 Å². The molecule has 1 saturated heterocycles. The van der Waals surface area contributed by atoms with E-state index in [0.717, 1.165) is 32.9 Å². The monoisotopic (exact) mass is 485 g/mol. The van der Waals surface area contributed by atoms with Gasteiger partial charge >= 0.3 is 7.12 Å². The van der Waals surface area contributed by atoms with Crippen molar-refractivity contribution in [2.24, 2.45) is 0 Å². The Morgan fingerprint density at radius 1 is 0.541 bits per heavy atom. The van der Waals surface area contributed by atoms with Gasteiger partial charge in [-0.05, 0) is 50.0 Å². The van der Waals surface area contributed by atoms with Crippen LogP contribution in [0.4, 0.5) is 0 Å². The third-order valence-corrected chi connectivity index (χ3v) is 7.37. The average molecular weight is 485 g/mol. The molecule has 1 aliphatic rings. The Morgan fingerprint density at radius 2 is 0.973 bits per heavy atom. The zero-order valence-electron chi connectivity index (χ0n) is 21.5. The van der Waals surface area contributed by atoms with E-state index in [9.17, 15) is 0 Å². The first-order valence-electron chi connectivity index (χ1n) is 12.6. The first kappa shape index (κ1) is 23.5. The van der Waals surface area contributed by atoms with Gasteiger partial charge in [-0.15, -0.1) is 0 Å². The van der Waals surface area contributed by atoms with Crippen molar-refractivity contribution in [2.45, 2.75) is 38.9 Å². The summed E-state index contributed by atoms with van der Waals surface area (Å²) in [6.45, 7) is 8.27. The Labute approximate surface area is 217 Å². The van der Waals surface area contributed by atoms with Crippen molar-refractivity contribution in [3.8, 4) is 34.2 Å². The number of aromatic nitrogens is 3. The minimum atomic E-state index is -0.554. The molecular weight excluding hydrogens is 457 g/mol. The standard InChI is InChI=1S/C31H28BN3O2/c1-30(2)31(3,4)37-32(36-30)26-20-24-18-12-11-17-23(24)19-25(26)29-34-27(21-13-7-5-8-14-21)33-28(35-29)22-15-9-6-10-16-22/h5-20H,1-4H3. The third-order valence-electron chi connectivity index (χ3n) is 7.37. The molecule has 4 aromatic carbocycles. The van der Waals surface area contributed by atoms with Gasteiger partial charge in [0.25, 0.3) is 0 Å². The van der Waals surface area contributed by atoms with Crippen molar-refractivity contribution in [1.82, 2.24) is 15.0 Å². The summed E-state index contributed by atoms with van der Waals surface area (Å²) >= 11 is 0. The fraction of sp³-hybridized carbons (Fsp3) is 0.194. The molecule has 0 saturated carbocycles. The molecule has 0 aliphatic carbocycles. The van der Waals surface area contributed by atoms with Crippen molar-refractivity contribution in [1.29, 1.82) is 0 Å². The minimum absolute atomic E-state index is 0.468. The maximum Gasteiger partial charge on any atom is 0.495 e. The summed E-state index contributed by atoms with van der Waals surface area (Å²) in [5.41, 5.74) is 2.70. The topological polar surface area (TPSA) is 57.1 Å². The summed E-state index contributed by atoms with van der Waals surface area (Å²) in [4.78, 5) is 14.8. The van der Waals surface area contributed by atoms with Crippen LogP contribution in [0.1, 0.15) is 27.7 Å². The zero-order chi connectivity index (χ0) is 25.6. The molecule has 0 spiro atoms. The Balaban J connectivity index is 1.59. The van der Waals surface area contributed by atoms with Gasteiger partial charge in [-0.1, -0.05) is 91.0 Å². The summed E-state index contributed by atoms with van der Waals surface area (Å²) in [6, 6.07) is 32.6. The van der Waals surface area contributed by atoms with E-state index in [1.54, 1.807) is 0 Å². The van der Waals surface area contributed by atoms with E-state index in [0.29, 0.717) is 17.5 Å². The van der Waals surface area contributed by atoms with Gasteiger partial charge in [-0.3, -0.25) is 0 Å². The summed E-state index contributed by atoms with van der Waals surface area (Å²) in [5.74, 6) is 1.83. The molecule has 5 nitrogen and oxygen atoms in total. The van der Waals surface area contributed by atoms with E-state index in [2.05, 4.69) is 52.0 Å². The van der Waals surface area contributed by atoms with Gasteiger partial charge in [0.15, 0.2) is 17.5 Å².